The van der Waals surface area contributed by atoms with Crippen molar-refractivity contribution in [2.75, 3.05) is 11.9 Å². The molecule has 1 amide bonds. The molecule has 6 heteroatoms. The number of hydrogen-bond donors (Lipinski definition) is 3. The predicted molar refractivity (Wildman–Crippen MR) is 63.1 cm³/mol. The van der Waals surface area contributed by atoms with E-state index >= 15 is 0 Å². The first-order valence-corrected chi connectivity index (χ1v) is 5.10. The van der Waals surface area contributed by atoms with Gasteiger partial charge in [-0.05, 0) is 12.1 Å². The van der Waals surface area contributed by atoms with Gasteiger partial charge in [0.2, 0.25) is 0 Å². The van der Waals surface area contributed by atoms with E-state index < -0.39 is 12.1 Å². The molecule has 0 bridgehead atoms. The summed E-state index contributed by atoms with van der Waals surface area (Å²) in [6.45, 7) is 0.190. The van der Waals surface area contributed by atoms with Gasteiger partial charge in [-0.1, -0.05) is 24.4 Å². The van der Waals surface area contributed by atoms with Crippen molar-refractivity contribution in [2.45, 2.75) is 6.04 Å². The zero-order valence-corrected chi connectivity index (χ0v) is 9.08. The van der Waals surface area contributed by atoms with Gasteiger partial charge < -0.3 is 20.5 Å². The monoisotopic (exact) mass is 238 g/mol. The maximum absolute atomic E-state index is 10.5. The van der Waals surface area contributed by atoms with Gasteiger partial charge in [0.05, 0.1) is 5.69 Å². The molecule has 1 aliphatic rings. The van der Waals surface area contributed by atoms with E-state index in [0.29, 0.717) is 10.7 Å². The van der Waals surface area contributed by atoms with Crippen LogP contribution in [0.4, 0.5) is 10.5 Å². The Kier molecular flexibility index (Phi) is 2.91. The highest BCUT2D eigenvalue weighted by molar-refractivity contribution is 7.80. The number of amides is 1. The highest BCUT2D eigenvalue weighted by atomic mass is 32.1. The lowest BCUT2D eigenvalue weighted by Crippen LogP contribution is -2.44. The fourth-order valence-electron chi connectivity index (χ4n) is 1.42. The number of para-hydroxylation sites is 2. The van der Waals surface area contributed by atoms with Gasteiger partial charge in [-0.25, -0.2) is 4.79 Å². The van der Waals surface area contributed by atoms with E-state index in [2.05, 4.69) is 10.6 Å². The van der Waals surface area contributed by atoms with Crippen molar-refractivity contribution >= 4 is 29.0 Å². The normalized spacial score (nSPS) is 18.8. The summed E-state index contributed by atoms with van der Waals surface area (Å²) in [4.78, 5) is 11.0. The molecule has 1 heterocycles. The zero-order valence-electron chi connectivity index (χ0n) is 8.27. The third kappa shape index (κ3) is 2.22. The van der Waals surface area contributed by atoms with Crippen molar-refractivity contribution in [2.24, 2.45) is 0 Å². The van der Waals surface area contributed by atoms with Crippen molar-refractivity contribution in [3.8, 4) is 5.75 Å². The molecule has 2 rings (SSSR count). The van der Waals surface area contributed by atoms with Gasteiger partial charge in [-0.15, -0.1) is 0 Å². The smallest absolute Gasteiger partial charge is 0.405 e. The third-order valence-corrected chi connectivity index (χ3v) is 2.55. The standard InChI is InChI=1S/C10H10N2O3S/c13-10(14)12-7-5-15-8-4-2-1-3-6(8)11-9(7)16/h1-4,7,12H,5H2,(H,11,16)(H,13,14). The number of thiocarbonyl (C=S) groups is 1. The van der Waals surface area contributed by atoms with Crippen molar-refractivity contribution < 1.29 is 14.6 Å². The fourth-order valence-corrected chi connectivity index (χ4v) is 1.66. The van der Waals surface area contributed by atoms with Crippen molar-refractivity contribution in [1.82, 2.24) is 5.32 Å². The Balaban J connectivity index is 2.18. The summed E-state index contributed by atoms with van der Waals surface area (Å²) in [5.74, 6) is 0.666. The molecule has 0 aliphatic carbocycles. The Labute approximate surface area is 97.4 Å². The number of nitrogens with one attached hydrogen (secondary N) is 2. The summed E-state index contributed by atoms with van der Waals surface area (Å²) >= 11 is 5.09. The van der Waals surface area contributed by atoms with Crippen molar-refractivity contribution in [3.63, 3.8) is 0 Å². The number of benzene rings is 1. The molecule has 1 aliphatic heterocycles. The molecule has 0 spiro atoms. The maximum atomic E-state index is 10.5. The van der Waals surface area contributed by atoms with E-state index in [4.69, 9.17) is 22.1 Å². The lowest BCUT2D eigenvalue weighted by molar-refractivity contribution is 0.188. The van der Waals surface area contributed by atoms with E-state index in [-0.39, 0.29) is 6.61 Å². The second-order valence-corrected chi connectivity index (χ2v) is 3.74. The number of fused-ring (bicyclic) bond motifs is 1. The summed E-state index contributed by atoms with van der Waals surface area (Å²) in [6.07, 6.45) is -1.12. The quantitative estimate of drug-likeness (QED) is 0.646. The SMILES string of the molecule is O=C(O)NC1COc2ccccc2NC1=S. The third-order valence-electron chi connectivity index (χ3n) is 2.16. The van der Waals surface area contributed by atoms with Crippen LogP contribution in [0.3, 0.4) is 0 Å². The molecular weight excluding hydrogens is 228 g/mol. The summed E-state index contributed by atoms with van der Waals surface area (Å²) in [7, 11) is 0. The minimum absolute atomic E-state index is 0.190. The summed E-state index contributed by atoms with van der Waals surface area (Å²) in [6, 6.07) is 6.79. The van der Waals surface area contributed by atoms with E-state index in [1.165, 1.54) is 0 Å². The van der Waals surface area contributed by atoms with Crippen LogP contribution in [0.15, 0.2) is 24.3 Å². The first kappa shape index (κ1) is 10.7. The number of carbonyl (C=O) groups is 1. The second kappa shape index (κ2) is 4.36. The number of carboxylic acid groups (broad SMARTS) is 1. The van der Waals surface area contributed by atoms with E-state index in [0.717, 1.165) is 5.69 Å². The largest absolute Gasteiger partial charge is 0.489 e. The van der Waals surface area contributed by atoms with Crippen LogP contribution in [0, 0.1) is 0 Å². The van der Waals surface area contributed by atoms with Gasteiger partial charge in [-0.2, -0.15) is 0 Å². The zero-order chi connectivity index (χ0) is 11.5. The highest BCUT2D eigenvalue weighted by Gasteiger charge is 2.22. The van der Waals surface area contributed by atoms with Gasteiger partial charge in [0.1, 0.15) is 23.4 Å². The highest BCUT2D eigenvalue weighted by Crippen LogP contribution is 2.26. The summed E-state index contributed by atoms with van der Waals surface area (Å²) in [5, 5.41) is 13.9. The first-order chi connectivity index (χ1) is 7.66. The lowest BCUT2D eigenvalue weighted by Gasteiger charge is -2.14. The molecule has 3 N–H and O–H groups in total. The average molecular weight is 238 g/mol. The Hall–Kier alpha value is -1.82. The second-order valence-electron chi connectivity index (χ2n) is 3.30. The van der Waals surface area contributed by atoms with Crippen LogP contribution in [0.1, 0.15) is 0 Å². The molecule has 1 aromatic carbocycles. The Morgan fingerprint density at radius 2 is 2.31 bits per heavy atom. The van der Waals surface area contributed by atoms with Crippen molar-refractivity contribution in [3.05, 3.63) is 24.3 Å². The molecule has 5 nitrogen and oxygen atoms in total. The van der Waals surface area contributed by atoms with Gasteiger partial charge in [0.25, 0.3) is 0 Å². The van der Waals surface area contributed by atoms with Crippen LogP contribution in [0.25, 0.3) is 0 Å². The number of anilines is 1. The molecule has 1 atom stereocenters. The molecule has 0 saturated carbocycles. The molecule has 0 aromatic heterocycles. The van der Waals surface area contributed by atoms with Crippen molar-refractivity contribution in [1.29, 1.82) is 0 Å². The molecule has 0 saturated heterocycles. The minimum atomic E-state index is -1.12. The molecule has 0 fully saturated rings. The van der Waals surface area contributed by atoms with E-state index in [1.807, 2.05) is 18.2 Å². The Morgan fingerprint density at radius 3 is 3.06 bits per heavy atom. The number of hydrogen-bond acceptors (Lipinski definition) is 3. The van der Waals surface area contributed by atoms with Crippen LogP contribution < -0.4 is 15.4 Å². The molecular formula is C10H10N2O3S. The number of ether oxygens (including phenoxy) is 1. The van der Waals surface area contributed by atoms with E-state index in [9.17, 15) is 4.79 Å². The van der Waals surface area contributed by atoms with Crippen LogP contribution in [0.5, 0.6) is 5.75 Å². The van der Waals surface area contributed by atoms with Gasteiger partial charge in [-0.3, -0.25) is 0 Å². The minimum Gasteiger partial charge on any atom is -0.489 e. The molecule has 16 heavy (non-hydrogen) atoms. The van der Waals surface area contributed by atoms with Gasteiger partial charge in [0.15, 0.2) is 0 Å². The molecule has 0 radical (unpaired) electrons. The maximum Gasteiger partial charge on any atom is 0.405 e. The first-order valence-electron chi connectivity index (χ1n) is 4.69. The van der Waals surface area contributed by atoms with Crippen LogP contribution in [-0.2, 0) is 0 Å². The van der Waals surface area contributed by atoms with E-state index in [1.54, 1.807) is 6.07 Å². The summed E-state index contributed by atoms with van der Waals surface area (Å²) < 4.78 is 5.46. The fraction of sp³-hybridized carbons (Fsp3) is 0.200. The Morgan fingerprint density at radius 1 is 1.56 bits per heavy atom. The lowest BCUT2D eigenvalue weighted by atomic mass is 10.3. The van der Waals surface area contributed by atoms with Gasteiger partial charge in [0, 0.05) is 0 Å². The van der Waals surface area contributed by atoms with Crippen LogP contribution >= 0.6 is 12.2 Å². The predicted octanol–water partition coefficient (Wildman–Crippen LogP) is 1.45. The molecule has 84 valence electrons. The number of rotatable bonds is 1. The van der Waals surface area contributed by atoms with Gasteiger partial charge >= 0.3 is 6.09 Å². The van der Waals surface area contributed by atoms with Crippen LogP contribution in [0.2, 0.25) is 0 Å². The Bertz CT molecular complexity index is 436. The summed E-state index contributed by atoms with van der Waals surface area (Å²) in [5.41, 5.74) is 0.752. The molecule has 1 aromatic rings. The topological polar surface area (TPSA) is 70.6 Å². The average Bonchev–Trinajstić information content (AvgIpc) is 2.39. The van der Waals surface area contributed by atoms with Crippen LogP contribution in [-0.4, -0.2) is 28.8 Å². The molecule has 1 unspecified atom stereocenters.